The standard InChI is InChI=1S/C22H28N2O5S2/c1-13(2)29-22(26)24-15-5-3-14(4-6-15)21-23-12-19(30-21)18-10-7-16(25)11-20(18)31(27,28)17-8-9-17/h7,10-15,17,25H,3-6,8-9H2,1-2H3,(H,24,26)/t14-,15-. The Morgan fingerprint density at radius 3 is 2.55 bits per heavy atom. The Bertz CT molecular complexity index is 1050. The molecule has 0 saturated heterocycles. The van der Waals surface area contributed by atoms with Gasteiger partial charge in [-0.1, -0.05) is 0 Å². The van der Waals surface area contributed by atoms with Crippen molar-refractivity contribution < 1.29 is 23.1 Å². The minimum absolute atomic E-state index is 0.0467. The molecular weight excluding hydrogens is 436 g/mol. The van der Waals surface area contributed by atoms with Crippen LogP contribution in [0.3, 0.4) is 0 Å². The Morgan fingerprint density at radius 2 is 1.90 bits per heavy atom. The van der Waals surface area contributed by atoms with Crippen LogP contribution in [0.4, 0.5) is 4.79 Å². The number of aromatic hydroxyl groups is 1. The van der Waals surface area contributed by atoms with Gasteiger partial charge in [-0.05, 0) is 70.6 Å². The van der Waals surface area contributed by atoms with Crippen molar-refractivity contribution >= 4 is 27.3 Å². The molecule has 0 atom stereocenters. The number of carbonyl (C=O) groups is 1. The van der Waals surface area contributed by atoms with E-state index in [0.29, 0.717) is 24.3 Å². The van der Waals surface area contributed by atoms with E-state index in [2.05, 4.69) is 10.3 Å². The number of thiazole rings is 1. The molecule has 2 aliphatic rings. The third-order valence-corrected chi connectivity index (χ3v) is 9.26. The summed E-state index contributed by atoms with van der Waals surface area (Å²) >= 11 is 1.52. The SMILES string of the molecule is CC(C)OC(=O)N[C@H]1CC[C@H](c2ncc(-c3ccc(O)cc3S(=O)(=O)C3CC3)s2)CC1. The monoisotopic (exact) mass is 464 g/mol. The number of phenolic OH excluding ortho intramolecular Hbond substituents is 1. The molecule has 1 heterocycles. The van der Waals surface area contributed by atoms with Crippen molar-refractivity contribution in [2.45, 2.75) is 80.6 Å². The Kier molecular flexibility index (Phi) is 6.25. The first-order valence-electron chi connectivity index (χ1n) is 10.7. The summed E-state index contributed by atoms with van der Waals surface area (Å²) in [7, 11) is -3.44. The van der Waals surface area contributed by atoms with Crippen LogP contribution in [-0.2, 0) is 14.6 Å². The maximum Gasteiger partial charge on any atom is 0.407 e. The lowest BCUT2D eigenvalue weighted by molar-refractivity contribution is 0.109. The quantitative estimate of drug-likeness (QED) is 0.647. The largest absolute Gasteiger partial charge is 0.508 e. The molecule has 4 rings (SSSR count). The topological polar surface area (TPSA) is 106 Å². The normalized spacial score (nSPS) is 21.8. The van der Waals surface area contributed by atoms with E-state index >= 15 is 0 Å². The fourth-order valence-corrected chi connectivity index (χ4v) is 7.08. The molecule has 31 heavy (non-hydrogen) atoms. The summed E-state index contributed by atoms with van der Waals surface area (Å²) in [6, 6.07) is 4.65. The molecule has 2 aliphatic carbocycles. The number of ether oxygens (including phenoxy) is 1. The highest BCUT2D eigenvalue weighted by Gasteiger charge is 2.38. The lowest BCUT2D eigenvalue weighted by atomic mass is 9.86. The van der Waals surface area contributed by atoms with Gasteiger partial charge in [-0.15, -0.1) is 11.3 Å². The van der Waals surface area contributed by atoms with E-state index in [0.717, 1.165) is 35.6 Å². The molecule has 2 saturated carbocycles. The number of benzene rings is 1. The van der Waals surface area contributed by atoms with Gasteiger partial charge in [0, 0.05) is 23.7 Å². The third-order valence-electron chi connectivity index (χ3n) is 5.77. The Balaban J connectivity index is 1.46. The maximum absolute atomic E-state index is 12.9. The van der Waals surface area contributed by atoms with Crippen molar-refractivity contribution in [2.24, 2.45) is 0 Å². The highest BCUT2D eigenvalue weighted by Crippen LogP contribution is 2.43. The molecule has 2 fully saturated rings. The fraction of sp³-hybridized carbons (Fsp3) is 0.545. The molecule has 1 aromatic heterocycles. The van der Waals surface area contributed by atoms with Crippen LogP contribution < -0.4 is 5.32 Å². The Labute approximate surface area is 186 Å². The predicted molar refractivity (Wildman–Crippen MR) is 119 cm³/mol. The number of alkyl carbamates (subject to hydrolysis) is 1. The van der Waals surface area contributed by atoms with Gasteiger partial charge >= 0.3 is 6.09 Å². The summed E-state index contributed by atoms with van der Waals surface area (Å²) < 4.78 is 30.9. The van der Waals surface area contributed by atoms with Crippen molar-refractivity contribution in [1.29, 1.82) is 0 Å². The lowest BCUT2D eigenvalue weighted by Gasteiger charge is -2.28. The van der Waals surface area contributed by atoms with Gasteiger partial charge in [0.05, 0.1) is 26.1 Å². The zero-order valence-corrected chi connectivity index (χ0v) is 19.3. The van der Waals surface area contributed by atoms with Crippen LogP contribution in [0.2, 0.25) is 0 Å². The first-order valence-corrected chi connectivity index (χ1v) is 13.1. The molecule has 2 N–H and O–H groups in total. The highest BCUT2D eigenvalue weighted by atomic mass is 32.2. The van der Waals surface area contributed by atoms with E-state index in [9.17, 15) is 18.3 Å². The van der Waals surface area contributed by atoms with Gasteiger partial charge in [0.2, 0.25) is 0 Å². The van der Waals surface area contributed by atoms with Gasteiger partial charge < -0.3 is 15.2 Å². The molecule has 0 unspecified atom stereocenters. The summed E-state index contributed by atoms with van der Waals surface area (Å²) in [5.74, 6) is 0.244. The number of amides is 1. The number of nitrogens with zero attached hydrogens (tertiary/aromatic N) is 1. The number of rotatable bonds is 6. The zero-order chi connectivity index (χ0) is 22.2. The second-order valence-electron chi connectivity index (χ2n) is 8.63. The van der Waals surface area contributed by atoms with Crippen LogP contribution in [0.5, 0.6) is 5.75 Å². The van der Waals surface area contributed by atoms with E-state index in [1.54, 1.807) is 12.3 Å². The van der Waals surface area contributed by atoms with Crippen molar-refractivity contribution in [1.82, 2.24) is 10.3 Å². The summed E-state index contributed by atoms with van der Waals surface area (Å²) in [5, 5.41) is 13.5. The highest BCUT2D eigenvalue weighted by molar-refractivity contribution is 7.92. The molecule has 9 heteroatoms. The maximum atomic E-state index is 12.9. The molecule has 0 spiro atoms. The number of carbonyl (C=O) groups excluding carboxylic acids is 1. The van der Waals surface area contributed by atoms with E-state index in [1.807, 2.05) is 13.8 Å². The van der Waals surface area contributed by atoms with E-state index in [1.165, 1.54) is 23.5 Å². The minimum Gasteiger partial charge on any atom is -0.508 e. The average molecular weight is 465 g/mol. The second-order valence-corrected chi connectivity index (χ2v) is 11.9. The first-order chi connectivity index (χ1) is 14.7. The summed E-state index contributed by atoms with van der Waals surface area (Å²) in [6.45, 7) is 3.65. The molecule has 1 aromatic carbocycles. The molecule has 7 nitrogen and oxygen atoms in total. The van der Waals surface area contributed by atoms with Crippen LogP contribution in [0, 0.1) is 0 Å². The van der Waals surface area contributed by atoms with Gasteiger partial charge in [0.1, 0.15) is 5.75 Å². The molecule has 0 aliphatic heterocycles. The van der Waals surface area contributed by atoms with Crippen molar-refractivity contribution in [3.8, 4) is 16.2 Å². The lowest BCUT2D eigenvalue weighted by Crippen LogP contribution is -2.38. The van der Waals surface area contributed by atoms with Crippen molar-refractivity contribution in [3.05, 3.63) is 29.4 Å². The number of aromatic nitrogens is 1. The number of nitrogens with one attached hydrogen (secondary N) is 1. The number of phenols is 1. The van der Waals surface area contributed by atoms with Gasteiger partial charge in [-0.25, -0.2) is 18.2 Å². The molecule has 0 bridgehead atoms. The van der Waals surface area contributed by atoms with Crippen LogP contribution in [0.1, 0.15) is 63.3 Å². The molecular formula is C22H28N2O5S2. The zero-order valence-electron chi connectivity index (χ0n) is 17.7. The molecule has 168 valence electrons. The molecule has 0 radical (unpaired) electrons. The van der Waals surface area contributed by atoms with Crippen LogP contribution in [-0.4, -0.2) is 42.0 Å². The van der Waals surface area contributed by atoms with Gasteiger partial charge in [-0.2, -0.15) is 0 Å². The fourth-order valence-electron chi connectivity index (χ4n) is 4.01. The Morgan fingerprint density at radius 1 is 1.19 bits per heavy atom. The first kappa shape index (κ1) is 22.1. The van der Waals surface area contributed by atoms with Gasteiger partial charge in [0.25, 0.3) is 0 Å². The minimum atomic E-state index is -3.44. The van der Waals surface area contributed by atoms with Crippen LogP contribution in [0.25, 0.3) is 10.4 Å². The van der Waals surface area contributed by atoms with E-state index < -0.39 is 9.84 Å². The summed E-state index contributed by atoms with van der Waals surface area (Å²) in [4.78, 5) is 17.4. The predicted octanol–water partition coefficient (Wildman–Crippen LogP) is 4.61. The number of hydrogen-bond donors (Lipinski definition) is 2. The van der Waals surface area contributed by atoms with Gasteiger partial charge in [-0.3, -0.25) is 0 Å². The average Bonchev–Trinajstić information content (AvgIpc) is 3.47. The number of sulfone groups is 1. The van der Waals surface area contributed by atoms with Crippen molar-refractivity contribution in [2.75, 3.05) is 0 Å². The van der Waals surface area contributed by atoms with E-state index in [-0.39, 0.29) is 34.1 Å². The third kappa shape index (κ3) is 5.03. The van der Waals surface area contributed by atoms with Gasteiger partial charge in [0.15, 0.2) is 9.84 Å². The smallest absolute Gasteiger partial charge is 0.407 e. The van der Waals surface area contributed by atoms with Crippen LogP contribution >= 0.6 is 11.3 Å². The van der Waals surface area contributed by atoms with Crippen LogP contribution in [0.15, 0.2) is 29.3 Å². The van der Waals surface area contributed by atoms with E-state index in [4.69, 9.17) is 4.74 Å². The summed E-state index contributed by atoms with van der Waals surface area (Å²) in [5.41, 5.74) is 0.611. The summed E-state index contributed by atoms with van der Waals surface area (Å²) in [6.07, 6.45) is 6.10. The second kappa shape index (κ2) is 8.78. The van der Waals surface area contributed by atoms with Crippen molar-refractivity contribution in [3.63, 3.8) is 0 Å². The molecule has 1 amide bonds. The number of hydrogen-bond acceptors (Lipinski definition) is 7. The Hall–Kier alpha value is -2.13. The molecule has 2 aromatic rings.